The smallest absolute Gasteiger partial charge is 0.341 e. The molecular weight excluding hydrogens is 349 g/mol. The zero-order chi connectivity index (χ0) is 13.7. The Labute approximate surface area is 120 Å². The standard InChI is InChI=1S/C12H16INO4/c1-14(2)10-5-8(12(15)17-4)11(6-9(10)13)18-7-16-3/h5-6H,7H2,1-4H3. The van der Waals surface area contributed by atoms with E-state index in [4.69, 9.17) is 14.2 Å². The summed E-state index contributed by atoms with van der Waals surface area (Å²) in [6.45, 7) is 0.0847. The van der Waals surface area contributed by atoms with Gasteiger partial charge < -0.3 is 19.1 Å². The minimum absolute atomic E-state index is 0.0847. The van der Waals surface area contributed by atoms with Crippen LogP contribution in [0.5, 0.6) is 5.75 Å². The lowest BCUT2D eigenvalue weighted by Gasteiger charge is -2.18. The second kappa shape index (κ2) is 6.79. The number of benzene rings is 1. The summed E-state index contributed by atoms with van der Waals surface area (Å²) >= 11 is 2.19. The number of nitrogens with zero attached hydrogens (tertiary/aromatic N) is 1. The van der Waals surface area contributed by atoms with Gasteiger partial charge in [0, 0.05) is 24.8 Å². The summed E-state index contributed by atoms with van der Waals surface area (Å²) in [5, 5.41) is 0. The van der Waals surface area contributed by atoms with Crippen molar-refractivity contribution in [3.05, 3.63) is 21.3 Å². The molecule has 0 heterocycles. The van der Waals surface area contributed by atoms with E-state index in [-0.39, 0.29) is 6.79 Å². The van der Waals surface area contributed by atoms with Gasteiger partial charge >= 0.3 is 5.97 Å². The molecule has 1 aromatic rings. The zero-order valence-electron chi connectivity index (χ0n) is 10.8. The van der Waals surface area contributed by atoms with Crippen molar-refractivity contribution < 1.29 is 19.0 Å². The van der Waals surface area contributed by atoms with Gasteiger partial charge in [-0.2, -0.15) is 0 Å². The Morgan fingerprint density at radius 3 is 2.50 bits per heavy atom. The minimum Gasteiger partial charge on any atom is -0.467 e. The Morgan fingerprint density at radius 2 is 2.00 bits per heavy atom. The first-order valence-corrected chi connectivity index (χ1v) is 6.30. The van der Waals surface area contributed by atoms with Crippen LogP contribution >= 0.6 is 22.6 Å². The summed E-state index contributed by atoms with van der Waals surface area (Å²) < 4.78 is 16.0. The maximum atomic E-state index is 11.7. The normalized spacial score (nSPS) is 10.1. The molecule has 1 aromatic carbocycles. The molecule has 0 saturated heterocycles. The molecular formula is C12H16INO4. The number of methoxy groups -OCH3 is 2. The fraction of sp³-hybridized carbons (Fsp3) is 0.417. The monoisotopic (exact) mass is 365 g/mol. The summed E-state index contributed by atoms with van der Waals surface area (Å²) in [5.41, 5.74) is 1.32. The molecule has 0 bridgehead atoms. The Bertz CT molecular complexity index is 434. The van der Waals surface area contributed by atoms with Gasteiger partial charge in [0.15, 0.2) is 6.79 Å². The first kappa shape index (κ1) is 15.0. The highest BCUT2D eigenvalue weighted by atomic mass is 127. The van der Waals surface area contributed by atoms with E-state index in [2.05, 4.69) is 22.6 Å². The topological polar surface area (TPSA) is 48.0 Å². The van der Waals surface area contributed by atoms with Crippen molar-refractivity contribution >= 4 is 34.2 Å². The quantitative estimate of drug-likeness (QED) is 0.455. The van der Waals surface area contributed by atoms with E-state index >= 15 is 0 Å². The first-order valence-electron chi connectivity index (χ1n) is 5.22. The Balaban J connectivity index is 3.23. The number of rotatable bonds is 5. The molecule has 6 heteroatoms. The van der Waals surface area contributed by atoms with Gasteiger partial charge in [0.25, 0.3) is 0 Å². The van der Waals surface area contributed by atoms with Crippen LogP contribution in [0.25, 0.3) is 0 Å². The molecule has 5 nitrogen and oxygen atoms in total. The molecule has 0 amide bonds. The number of carbonyl (C=O) groups is 1. The molecule has 0 aliphatic carbocycles. The van der Waals surface area contributed by atoms with Gasteiger partial charge in [-0.15, -0.1) is 0 Å². The molecule has 0 spiro atoms. The van der Waals surface area contributed by atoms with Gasteiger partial charge in [-0.05, 0) is 34.7 Å². The van der Waals surface area contributed by atoms with E-state index in [1.54, 1.807) is 12.1 Å². The number of anilines is 1. The largest absolute Gasteiger partial charge is 0.467 e. The molecule has 0 N–H and O–H groups in total. The van der Waals surface area contributed by atoms with Crippen LogP contribution in [0, 0.1) is 3.57 Å². The van der Waals surface area contributed by atoms with Gasteiger partial charge in [0.2, 0.25) is 0 Å². The zero-order valence-corrected chi connectivity index (χ0v) is 13.0. The van der Waals surface area contributed by atoms with E-state index in [0.717, 1.165) is 9.26 Å². The lowest BCUT2D eigenvalue weighted by molar-refractivity contribution is 0.0465. The number of carbonyl (C=O) groups excluding carboxylic acids is 1. The molecule has 0 aliphatic heterocycles. The van der Waals surface area contributed by atoms with Crippen LogP contribution in [-0.4, -0.2) is 41.1 Å². The van der Waals surface area contributed by atoms with Gasteiger partial charge in [0.05, 0.1) is 12.8 Å². The fourth-order valence-corrected chi connectivity index (χ4v) is 2.32. The average molecular weight is 365 g/mol. The third-order valence-electron chi connectivity index (χ3n) is 2.27. The lowest BCUT2D eigenvalue weighted by atomic mass is 10.1. The maximum absolute atomic E-state index is 11.7. The third kappa shape index (κ3) is 3.49. The summed E-state index contributed by atoms with van der Waals surface area (Å²) in [5.74, 6) is 0.0271. The number of ether oxygens (including phenoxy) is 3. The summed E-state index contributed by atoms with van der Waals surface area (Å²) in [7, 11) is 6.69. The number of hydrogen-bond donors (Lipinski definition) is 0. The van der Waals surface area contributed by atoms with Crippen molar-refractivity contribution in [1.82, 2.24) is 0 Å². The van der Waals surface area contributed by atoms with Crippen LogP contribution in [0.1, 0.15) is 10.4 Å². The Kier molecular flexibility index (Phi) is 5.67. The predicted molar refractivity (Wildman–Crippen MR) is 77.3 cm³/mol. The van der Waals surface area contributed by atoms with E-state index in [9.17, 15) is 4.79 Å². The fourth-order valence-electron chi connectivity index (χ4n) is 1.40. The Morgan fingerprint density at radius 1 is 1.33 bits per heavy atom. The van der Waals surface area contributed by atoms with Gasteiger partial charge in [-0.3, -0.25) is 0 Å². The second-order valence-electron chi connectivity index (χ2n) is 3.74. The molecule has 18 heavy (non-hydrogen) atoms. The van der Waals surface area contributed by atoms with Crippen molar-refractivity contribution in [2.75, 3.05) is 40.0 Å². The lowest BCUT2D eigenvalue weighted by Crippen LogP contribution is -2.14. The Hall–Kier alpha value is -1.02. The van der Waals surface area contributed by atoms with Crippen molar-refractivity contribution in [2.24, 2.45) is 0 Å². The first-order chi connectivity index (χ1) is 8.51. The predicted octanol–water partition coefficient (Wildman–Crippen LogP) is 2.13. The van der Waals surface area contributed by atoms with E-state index < -0.39 is 5.97 Å². The minimum atomic E-state index is -0.430. The molecule has 0 fully saturated rings. The number of hydrogen-bond acceptors (Lipinski definition) is 5. The number of halogens is 1. The van der Waals surface area contributed by atoms with Crippen LogP contribution < -0.4 is 9.64 Å². The van der Waals surface area contributed by atoms with Crippen LogP contribution in [0.4, 0.5) is 5.69 Å². The maximum Gasteiger partial charge on any atom is 0.341 e. The molecule has 1 rings (SSSR count). The molecule has 0 aliphatic rings. The third-order valence-corrected chi connectivity index (χ3v) is 3.13. The SMILES string of the molecule is COCOc1cc(I)c(N(C)C)cc1C(=O)OC. The highest BCUT2D eigenvalue weighted by molar-refractivity contribution is 14.1. The molecule has 0 aromatic heterocycles. The molecule has 0 atom stereocenters. The molecule has 0 radical (unpaired) electrons. The van der Waals surface area contributed by atoms with Crippen LogP contribution in [0.2, 0.25) is 0 Å². The van der Waals surface area contributed by atoms with Gasteiger partial charge in [-0.1, -0.05) is 0 Å². The van der Waals surface area contributed by atoms with Crippen molar-refractivity contribution in [3.8, 4) is 5.75 Å². The van der Waals surface area contributed by atoms with Gasteiger partial charge in [-0.25, -0.2) is 4.79 Å². The van der Waals surface area contributed by atoms with Crippen molar-refractivity contribution in [3.63, 3.8) is 0 Å². The molecule has 0 saturated carbocycles. The van der Waals surface area contributed by atoms with E-state index in [1.165, 1.54) is 14.2 Å². The molecule has 100 valence electrons. The van der Waals surface area contributed by atoms with Crippen molar-refractivity contribution in [1.29, 1.82) is 0 Å². The highest BCUT2D eigenvalue weighted by Gasteiger charge is 2.17. The van der Waals surface area contributed by atoms with E-state index in [1.807, 2.05) is 19.0 Å². The molecule has 0 unspecified atom stereocenters. The van der Waals surface area contributed by atoms with Crippen LogP contribution in [0.3, 0.4) is 0 Å². The van der Waals surface area contributed by atoms with Gasteiger partial charge in [0.1, 0.15) is 11.3 Å². The summed E-state index contributed by atoms with van der Waals surface area (Å²) in [6.07, 6.45) is 0. The number of esters is 1. The highest BCUT2D eigenvalue weighted by Crippen LogP contribution is 2.30. The van der Waals surface area contributed by atoms with Crippen molar-refractivity contribution in [2.45, 2.75) is 0 Å². The average Bonchev–Trinajstić information content (AvgIpc) is 2.34. The summed E-state index contributed by atoms with van der Waals surface area (Å²) in [6, 6.07) is 3.54. The van der Waals surface area contributed by atoms with E-state index in [0.29, 0.717) is 11.3 Å². The second-order valence-corrected chi connectivity index (χ2v) is 4.90. The summed E-state index contributed by atoms with van der Waals surface area (Å²) in [4.78, 5) is 13.6. The van der Waals surface area contributed by atoms with Crippen LogP contribution in [0.15, 0.2) is 12.1 Å². The van der Waals surface area contributed by atoms with Crippen LogP contribution in [-0.2, 0) is 9.47 Å².